The largest absolute Gasteiger partial charge is 0.502 e. The Kier molecular flexibility index (Phi) is 3.21. The van der Waals surface area contributed by atoms with Gasteiger partial charge in [-0.05, 0) is 6.07 Å². The minimum Gasteiger partial charge on any atom is -0.502 e. The summed E-state index contributed by atoms with van der Waals surface area (Å²) in [6.45, 7) is 1.32. The molecule has 17 heavy (non-hydrogen) atoms. The number of phenols is 1. The maximum Gasteiger partial charge on any atom is 0.313 e. The molecule has 2 N–H and O–H groups in total. The SMILES string of the molecule is O=[N+]([O-])c1cc(F)cc([C@H]2COCCN2)c1O. The lowest BCUT2D eigenvalue weighted by atomic mass is 10.0. The van der Waals surface area contributed by atoms with Crippen LogP contribution in [0.25, 0.3) is 0 Å². The molecule has 0 unspecified atom stereocenters. The second-order valence-corrected chi connectivity index (χ2v) is 3.70. The number of nitrogens with zero attached hydrogens (tertiary/aromatic N) is 1. The van der Waals surface area contributed by atoms with Gasteiger partial charge in [-0.3, -0.25) is 10.1 Å². The smallest absolute Gasteiger partial charge is 0.313 e. The first kappa shape index (κ1) is 11.7. The van der Waals surface area contributed by atoms with E-state index < -0.39 is 28.2 Å². The van der Waals surface area contributed by atoms with E-state index in [1.165, 1.54) is 0 Å². The van der Waals surface area contributed by atoms with Gasteiger partial charge in [-0.2, -0.15) is 0 Å². The number of halogens is 1. The van der Waals surface area contributed by atoms with Crippen LogP contribution in [0, 0.1) is 15.9 Å². The van der Waals surface area contributed by atoms with Gasteiger partial charge in [0.2, 0.25) is 0 Å². The Morgan fingerprint density at radius 1 is 1.59 bits per heavy atom. The van der Waals surface area contributed by atoms with Crippen molar-refractivity contribution in [3.05, 3.63) is 33.6 Å². The van der Waals surface area contributed by atoms with Crippen LogP contribution in [-0.2, 0) is 4.74 Å². The van der Waals surface area contributed by atoms with Crippen LogP contribution in [-0.4, -0.2) is 29.8 Å². The molecule has 1 heterocycles. The molecular formula is C10H11FN2O4. The third-order valence-electron chi connectivity index (χ3n) is 2.58. The normalized spacial score (nSPS) is 20.2. The predicted molar refractivity (Wildman–Crippen MR) is 56.3 cm³/mol. The summed E-state index contributed by atoms with van der Waals surface area (Å²) in [5.74, 6) is -1.27. The van der Waals surface area contributed by atoms with Crippen molar-refractivity contribution in [2.45, 2.75) is 6.04 Å². The Hall–Kier alpha value is -1.73. The molecule has 1 fully saturated rings. The van der Waals surface area contributed by atoms with E-state index in [4.69, 9.17) is 4.74 Å². The highest BCUT2D eigenvalue weighted by atomic mass is 19.1. The summed E-state index contributed by atoms with van der Waals surface area (Å²) >= 11 is 0. The molecule has 6 nitrogen and oxygen atoms in total. The van der Waals surface area contributed by atoms with Gasteiger partial charge in [0, 0.05) is 12.1 Å². The van der Waals surface area contributed by atoms with Gasteiger partial charge < -0.3 is 15.2 Å². The molecule has 1 aromatic carbocycles. The first-order chi connectivity index (χ1) is 8.09. The summed E-state index contributed by atoms with van der Waals surface area (Å²) in [5.41, 5.74) is -0.483. The molecule has 0 aliphatic carbocycles. The number of nitro benzene ring substituents is 1. The fraction of sp³-hybridized carbons (Fsp3) is 0.400. The Labute approximate surface area is 96.2 Å². The average Bonchev–Trinajstić information content (AvgIpc) is 2.32. The summed E-state index contributed by atoms with van der Waals surface area (Å²) < 4.78 is 18.4. The average molecular weight is 242 g/mol. The van der Waals surface area contributed by atoms with Gasteiger partial charge in [0.05, 0.1) is 30.2 Å². The molecule has 0 amide bonds. The van der Waals surface area contributed by atoms with Crippen LogP contribution in [0.15, 0.2) is 12.1 Å². The zero-order valence-corrected chi connectivity index (χ0v) is 8.85. The first-order valence-corrected chi connectivity index (χ1v) is 5.07. The van der Waals surface area contributed by atoms with Gasteiger partial charge in [0.25, 0.3) is 0 Å². The fourth-order valence-electron chi connectivity index (χ4n) is 1.78. The van der Waals surface area contributed by atoms with Gasteiger partial charge in [-0.15, -0.1) is 0 Å². The molecule has 7 heteroatoms. The van der Waals surface area contributed by atoms with Gasteiger partial charge in [-0.1, -0.05) is 0 Å². The number of ether oxygens (including phenoxy) is 1. The number of aromatic hydroxyl groups is 1. The summed E-state index contributed by atoms with van der Waals surface area (Å²) in [5, 5.41) is 23.4. The van der Waals surface area contributed by atoms with Crippen molar-refractivity contribution in [3.8, 4) is 5.75 Å². The van der Waals surface area contributed by atoms with E-state index >= 15 is 0 Å². The predicted octanol–water partition coefficient (Wildman–Crippen LogP) is 1.10. The van der Waals surface area contributed by atoms with Crippen molar-refractivity contribution in [3.63, 3.8) is 0 Å². The Balaban J connectivity index is 2.41. The van der Waals surface area contributed by atoms with Crippen LogP contribution in [0.5, 0.6) is 5.75 Å². The lowest BCUT2D eigenvalue weighted by molar-refractivity contribution is -0.386. The van der Waals surface area contributed by atoms with Gasteiger partial charge in [-0.25, -0.2) is 4.39 Å². The number of hydrogen-bond acceptors (Lipinski definition) is 5. The highest BCUT2D eigenvalue weighted by Gasteiger charge is 2.25. The second kappa shape index (κ2) is 4.64. The van der Waals surface area contributed by atoms with E-state index in [-0.39, 0.29) is 12.2 Å². The topological polar surface area (TPSA) is 84.6 Å². The van der Waals surface area contributed by atoms with E-state index in [2.05, 4.69) is 5.32 Å². The molecule has 0 bridgehead atoms. The molecule has 0 radical (unpaired) electrons. The molecule has 0 saturated carbocycles. The van der Waals surface area contributed by atoms with E-state index in [1.807, 2.05) is 0 Å². The fourth-order valence-corrected chi connectivity index (χ4v) is 1.78. The number of rotatable bonds is 2. The molecule has 1 atom stereocenters. The molecule has 1 saturated heterocycles. The van der Waals surface area contributed by atoms with Crippen LogP contribution < -0.4 is 5.32 Å². The van der Waals surface area contributed by atoms with E-state index in [1.54, 1.807) is 0 Å². The quantitative estimate of drug-likeness (QED) is 0.599. The van der Waals surface area contributed by atoms with Crippen LogP contribution in [0.3, 0.4) is 0 Å². The lowest BCUT2D eigenvalue weighted by Gasteiger charge is -2.24. The van der Waals surface area contributed by atoms with E-state index in [9.17, 15) is 19.6 Å². The highest BCUT2D eigenvalue weighted by molar-refractivity contribution is 5.52. The second-order valence-electron chi connectivity index (χ2n) is 3.70. The maximum atomic E-state index is 13.2. The zero-order valence-electron chi connectivity index (χ0n) is 8.85. The molecule has 1 aliphatic rings. The number of benzene rings is 1. The summed E-state index contributed by atoms with van der Waals surface area (Å²) in [6.07, 6.45) is 0. The Bertz CT molecular complexity index is 446. The summed E-state index contributed by atoms with van der Waals surface area (Å²) in [7, 11) is 0. The Morgan fingerprint density at radius 3 is 2.94 bits per heavy atom. The van der Waals surface area contributed by atoms with Crippen molar-refractivity contribution >= 4 is 5.69 Å². The van der Waals surface area contributed by atoms with Gasteiger partial charge in [0.15, 0.2) is 5.75 Å². The molecule has 2 rings (SSSR count). The van der Waals surface area contributed by atoms with Crippen LogP contribution >= 0.6 is 0 Å². The van der Waals surface area contributed by atoms with E-state index in [0.29, 0.717) is 19.2 Å². The van der Waals surface area contributed by atoms with Gasteiger partial charge in [0.1, 0.15) is 5.82 Å². The van der Waals surface area contributed by atoms with Crippen molar-refractivity contribution in [2.75, 3.05) is 19.8 Å². The third-order valence-corrected chi connectivity index (χ3v) is 2.58. The molecule has 92 valence electrons. The lowest BCUT2D eigenvalue weighted by Crippen LogP contribution is -2.34. The van der Waals surface area contributed by atoms with Crippen LogP contribution in [0.4, 0.5) is 10.1 Å². The van der Waals surface area contributed by atoms with Crippen molar-refractivity contribution in [1.82, 2.24) is 5.32 Å². The molecule has 1 aliphatic heterocycles. The minimum atomic E-state index is -0.814. The van der Waals surface area contributed by atoms with Gasteiger partial charge >= 0.3 is 5.69 Å². The zero-order chi connectivity index (χ0) is 12.4. The molecule has 0 spiro atoms. The molecule has 0 aromatic heterocycles. The van der Waals surface area contributed by atoms with Crippen molar-refractivity contribution in [1.29, 1.82) is 0 Å². The molecular weight excluding hydrogens is 231 g/mol. The third kappa shape index (κ3) is 2.34. The monoisotopic (exact) mass is 242 g/mol. The number of nitrogens with one attached hydrogen (secondary N) is 1. The number of phenolic OH excluding ortho intramolecular Hbond substituents is 1. The summed E-state index contributed by atoms with van der Waals surface area (Å²) in [6, 6.07) is 1.34. The number of morpholine rings is 1. The van der Waals surface area contributed by atoms with Crippen molar-refractivity contribution in [2.24, 2.45) is 0 Å². The van der Waals surface area contributed by atoms with Crippen molar-refractivity contribution < 1.29 is 19.2 Å². The minimum absolute atomic E-state index is 0.149. The van der Waals surface area contributed by atoms with E-state index in [0.717, 1.165) is 6.07 Å². The van der Waals surface area contributed by atoms with Crippen LogP contribution in [0.1, 0.15) is 11.6 Å². The first-order valence-electron chi connectivity index (χ1n) is 5.07. The standard InChI is InChI=1S/C10H11FN2O4/c11-6-3-7(8-5-17-2-1-12-8)10(14)9(4-6)13(15)16/h3-4,8,12,14H,1-2,5H2/t8-/m1/s1. The highest BCUT2D eigenvalue weighted by Crippen LogP contribution is 2.35. The summed E-state index contributed by atoms with van der Waals surface area (Å²) in [4.78, 5) is 9.82. The number of nitro groups is 1. The Morgan fingerprint density at radius 2 is 2.35 bits per heavy atom. The molecule has 1 aromatic rings. The maximum absolute atomic E-state index is 13.2. The van der Waals surface area contributed by atoms with Crippen LogP contribution in [0.2, 0.25) is 0 Å². The number of hydrogen-bond donors (Lipinski definition) is 2.